The number of nitrogens with zero attached hydrogens (tertiary/aromatic N) is 2. The first kappa shape index (κ1) is 14.0. The molecule has 0 radical (unpaired) electrons. The minimum Gasteiger partial charge on any atom is -0.338 e. The SMILES string of the molecule is CCC(C)[C@H](N)c1nc(Cc2ccc(Cl)cc2)no1. The third-order valence-electron chi connectivity index (χ3n) is 3.30. The third kappa shape index (κ3) is 3.55. The Hall–Kier alpha value is -1.39. The fourth-order valence-corrected chi connectivity index (χ4v) is 1.88. The van der Waals surface area contributed by atoms with Gasteiger partial charge in [-0.1, -0.05) is 49.2 Å². The highest BCUT2D eigenvalue weighted by Crippen LogP contribution is 2.20. The molecule has 0 bridgehead atoms. The highest BCUT2D eigenvalue weighted by Gasteiger charge is 2.19. The Kier molecular flexibility index (Phi) is 4.56. The van der Waals surface area contributed by atoms with Crippen molar-refractivity contribution in [2.45, 2.75) is 32.7 Å². The average Bonchev–Trinajstić information content (AvgIpc) is 2.88. The minimum absolute atomic E-state index is 0.198. The van der Waals surface area contributed by atoms with Gasteiger partial charge in [-0.05, 0) is 23.6 Å². The number of nitrogens with two attached hydrogens (primary N) is 1. The van der Waals surface area contributed by atoms with E-state index in [1.165, 1.54) is 0 Å². The maximum atomic E-state index is 6.06. The lowest BCUT2D eigenvalue weighted by Crippen LogP contribution is -2.18. The van der Waals surface area contributed by atoms with Crippen LogP contribution in [0, 0.1) is 5.92 Å². The van der Waals surface area contributed by atoms with E-state index >= 15 is 0 Å². The van der Waals surface area contributed by atoms with E-state index < -0.39 is 0 Å². The molecule has 2 rings (SSSR count). The molecule has 1 unspecified atom stereocenters. The zero-order valence-corrected chi connectivity index (χ0v) is 11.9. The van der Waals surface area contributed by atoms with Gasteiger partial charge in [0.05, 0.1) is 6.04 Å². The number of rotatable bonds is 5. The van der Waals surface area contributed by atoms with Crippen LogP contribution in [0.1, 0.15) is 43.6 Å². The normalized spacial score (nSPS) is 14.3. The Labute approximate surface area is 118 Å². The van der Waals surface area contributed by atoms with Crippen LogP contribution in [0.15, 0.2) is 28.8 Å². The van der Waals surface area contributed by atoms with Gasteiger partial charge >= 0.3 is 0 Å². The second-order valence-corrected chi connectivity index (χ2v) is 5.20. The van der Waals surface area contributed by atoms with E-state index in [0.29, 0.717) is 24.1 Å². The van der Waals surface area contributed by atoms with Crippen LogP contribution in [-0.2, 0) is 6.42 Å². The third-order valence-corrected chi connectivity index (χ3v) is 3.55. The van der Waals surface area contributed by atoms with Crippen molar-refractivity contribution < 1.29 is 4.52 Å². The van der Waals surface area contributed by atoms with Crippen LogP contribution in [0.2, 0.25) is 5.02 Å². The van der Waals surface area contributed by atoms with Crippen molar-refractivity contribution in [3.05, 3.63) is 46.6 Å². The number of hydrogen-bond acceptors (Lipinski definition) is 4. The summed E-state index contributed by atoms with van der Waals surface area (Å²) in [6, 6.07) is 7.40. The topological polar surface area (TPSA) is 64.9 Å². The summed E-state index contributed by atoms with van der Waals surface area (Å²) in [6.07, 6.45) is 1.60. The van der Waals surface area contributed by atoms with E-state index in [9.17, 15) is 0 Å². The highest BCUT2D eigenvalue weighted by molar-refractivity contribution is 6.30. The molecule has 2 aromatic rings. The molecule has 2 N–H and O–H groups in total. The van der Waals surface area contributed by atoms with Gasteiger partial charge in [-0.2, -0.15) is 4.98 Å². The molecule has 0 amide bonds. The van der Waals surface area contributed by atoms with Gasteiger partial charge < -0.3 is 10.3 Å². The first-order chi connectivity index (χ1) is 9.10. The van der Waals surface area contributed by atoms with Gasteiger partial charge in [0, 0.05) is 11.4 Å². The largest absolute Gasteiger partial charge is 0.338 e. The first-order valence-corrected chi connectivity index (χ1v) is 6.80. The monoisotopic (exact) mass is 279 g/mol. The predicted octanol–water partition coefficient (Wildman–Crippen LogP) is 3.36. The standard InChI is InChI=1S/C14H18ClN3O/c1-3-9(2)13(16)14-17-12(18-19-14)8-10-4-6-11(15)7-5-10/h4-7,9,13H,3,8,16H2,1-2H3/t9?,13-/m0/s1. The molecule has 4 nitrogen and oxygen atoms in total. The molecule has 0 aliphatic carbocycles. The molecule has 0 aliphatic heterocycles. The maximum absolute atomic E-state index is 6.06. The number of hydrogen-bond donors (Lipinski definition) is 1. The molecule has 0 saturated carbocycles. The Morgan fingerprint density at radius 2 is 2.00 bits per heavy atom. The van der Waals surface area contributed by atoms with Gasteiger partial charge in [-0.3, -0.25) is 0 Å². The molecule has 102 valence electrons. The lowest BCUT2D eigenvalue weighted by molar-refractivity contribution is 0.310. The molecule has 1 aromatic carbocycles. The van der Waals surface area contributed by atoms with E-state index in [-0.39, 0.29) is 6.04 Å². The zero-order valence-electron chi connectivity index (χ0n) is 11.1. The van der Waals surface area contributed by atoms with E-state index in [0.717, 1.165) is 17.0 Å². The summed E-state index contributed by atoms with van der Waals surface area (Å²) >= 11 is 5.84. The molecule has 0 fully saturated rings. The summed E-state index contributed by atoms with van der Waals surface area (Å²) in [6.45, 7) is 4.17. The average molecular weight is 280 g/mol. The van der Waals surface area contributed by atoms with Crippen molar-refractivity contribution in [1.82, 2.24) is 10.1 Å². The van der Waals surface area contributed by atoms with Crippen LogP contribution in [0.5, 0.6) is 0 Å². The Bertz CT molecular complexity index is 524. The number of benzene rings is 1. The van der Waals surface area contributed by atoms with E-state index in [1.807, 2.05) is 24.3 Å². The first-order valence-electron chi connectivity index (χ1n) is 6.42. The minimum atomic E-state index is -0.198. The maximum Gasteiger partial charge on any atom is 0.243 e. The van der Waals surface area contributed by atoms with Crippen molar-refractivity contribution in [2.24, 2.45) is 11.7 Å². The highest BCUT2D eigenvalue weighted by atomic mass is 35.5. The summed E-state index contributed by atoms with van der Waals surface area (Å²) < 4.78 is 5.23. The Morgan fingerprint density at radius 3 is 2.63 bits per heavy atom. The number of aromatic nitrogens is 2. The van der Waals surface area contributed by atoms with Crippen LogP contribution >= 0.6 is 11.6 Å². The van der Waals surface area contributed by atoms with Gasteiger partial charge in [-0.25, -0.2) is 0 Å². The second-order valence-electron chi connectivity index (χ2n) is 4.76. The zero-order chi connectivity index (χ0) is 13.8. The lowest BCUT2D eigenvalue weighted by Gasteiger charge is -2.12. The second kappa shape index (κ2) is 6.17. The molecule has 1 aromatic heterocycles. The van der Waals surface area contributed by atoms with E-state index in [2.05, 4.69) is 24.0 Å². The van der Waals surface area contributed by atoms with Crippen molar-refractivity contribution in [1.29, 1.82) is 0 Å². The van der Waals surface area contributed by atoms with Crippen molar-refractivity contribution in [3.63, 3.8) is 0 Å². The van der Waals surface area contributed by atoms with Crippen molar-refractivity contribution >= 4 is 11.6 Å². The molecule has 1 heterocycles. The van der Waals surface area contributed by atoms with E-state index in [4.69, 9.17) is 21.9 Å². The molecule has 2 atom stereocenters. The molecule has 19 heavy (non-hydrogen) atoms. The molecular formula is C14H18ClN3O. The van der Waals surface area contributed by atoms with Crippen LogP contribution < -0.4 is 5.73 Å². The van der Waals surface area contributed by atoms with Gasteiger partial charge in [0.2, 0.25) is 5.89 Å². The van der Waals surface area contributed by atoms with Gasteiger partial charge in [0.1, 0.15) is 0 Å². The molecular weight excluding hydrogens is 262 g/mol. The summed E-state index contributed by atoms with van der Waals surface area (Å²) in [5, 5.41) is 4.69. The van der Waals surface area contributed by atoms with Crippen LogP contribution in [-0.4, -0.2) is 10.1 Å². The Morgan fingerprint density at radius 1 is 1.32 bits per heavy atom. The summed E-state index contributed by atoms with van der Waals surface area (Å²) in [7, 11) is 0. The summed E-state index contributed by atoms with van der Waals surface area (Å²) in [5.41, 5.74) is 7.15. The fraction of sp³-hybridized carbons (Fsp3) is 0.429. The molecule has 5 heteroatoms. The molecule has 0 spiro atoms. The van der Waals surface area contributed by atoms with Gasteiger partial charge in [-0.15, -0.1) is 0 Å². The van der Waals surface area contributed by atoms with E-state index in [1.54, 1.807) is 0 Å². The van der Waals surface area contributed by atoms with Crippen LogP contribution in [0.25, 0.3) is 0 Å². The van der Waals surface area contributed by atoms with Crippen molar-refractivity contribution in [2.75, 3.05) is 0 Å². The number of halogens is 1. The fourth-order valence-electron chi connectivity index (χ4n) is 1.76. The molecule has 0 saturated heterocycles. The summed E-state index contributed by atoms with van der Waals surface area (Å²) in [4.78, 5) is 4.36. The molecule has 0 aliphatic rings. The Balaban J connectivity index is 2.07. The van der Waals surface area contributed by atoms with Crippen molar-refractivity contribution in [3.8, 4) is 0 Å². The summed E-state index contributed by atoms with van der Waals surface area (Å²) in [5.74, 6) is 1.48. The van der Waals surface area contributed by atoms with Crippen LogP contribution in [0.4, 0.5) is 0 Å². The predicted molar refractivity (Wildman–Crippen MR) is 74.9 cm³/mol. The van der Waals surface area contributed by atoms with Gasteiger partial charge in [0.25, 0.3) is 0 Å². The van der Waals surface area contributed by atoms with Crippen LogP contribution in [0.3, 0.4) is 0 Å². The lowest BCUT2D eigenvalue weighted by atomic mass is 10.0. The smallest absolute Gasteiger partial charge is 0.243 e. The quantitative estimate of drug-likeness (QED) is 0.911. The van der Waals surface area contributed by atoms with Gasteiger partial charge in [0.15, 0.2) is 5.82 Å².